The summed E-state index contributed by atoms with van der Waals surface area (Å²) in [5, 5.41) is 3.21. The molecule has 3 aliphatic rings. The highest BCUT2D eigenvalue weighted by Crippen LogP contribution is 2.45. The van der Waals surface area contributed by atoms with Gasteiger partial charge in [-0.3, -0.25) is 0 Å². The molecule has 2 aliphatic heterocycles. The van der Waals surface area contributed by atoms with Crippen molar-refractivity contribution in [3.05, 3.63) is 24.4 Å². The van der Waals surface area contributed by atoms with Crippen LogP contribution in [0, 0.1) is 5.92 Å². The highest BCUT2D eigenvalue weighted by atomic mass is 32.2. The maximum absolute atomic E-state index is 12.3. The van der Waals surface area contributed by atoms with Crippen molar-refractivity contribution in [2.24, 2.45) is 5.92 Å². The Bertz CT molecular complexity index is 654. The zero-order chi connectivity index (χ0) is 15.9. The molecule has 0 unspecified atom stereocenters. The minimum Gasteiger partial charge on any atom is -0.372 e. The Labute approximate surface area is 137 Å². The van der Waals surface area contributed by atoms with E-state index in [4.69, 9.17) is 4.74 Å². The Morgan fingerprint density at radius 3 is 2.83 bits per heavy atom. The number of pyridine rings is 1. The van der Waals surface area contributed by atoms with Crippen LogP contribution in [-0.4, -0.2) is 54.8 Å². The predicted octanol–water partition coefficient (Wildman–Crippen LogP) is 1.47. The molecule has 0 amide bonds. The van der Waals surface area contributed by atoms with E-state index in [0.717, 1.165) is 44.7 Å². The molecule has 4 rings (SSSR count). The Hall–Kier alpha value is -1.18. The number of rotatable bonds is 6. The third-order valence-corrected chi connectivity index (χ3v) is 7.55. The first-order valence-corrected chi connectivity index (χ1v) is 9.88. The van der Waals surface area contributed by atoms with Crippen LogP contribution in [0.15, 0.2) is 24.4 Å². The van der Waals surface area contributed by atoms with E-state index in [0.29, 0.717) is 19.0 Å². The lowest BCUT2D eigenvalue weighted by atomic mass is 9.80. The van der Waals surface area contributed by atoms with E-state index in [1.165, 1.54) is 0 Å². The highest BCUT2D eigenvalue weighted by Gasteiger charge is 2.57. The van der Waals surface area contributed by atoms with Crippen LogP contribution in [0.5, 0.6) is 0 Å². The predicted molar refractivity (Wildman–Crippen MR) is 87.6 cm³/mol. The summed E-state index contributed by atoms with van der Waals surface area (Å²) in [7, 11) is -3.05. The average molecular weight is 337 g/mol. The molecule has 126 valence electrons. The van der Waals surface area contributed by atoms with Gasteiger partial charge in [-0.2, -0.15) is 4.31 Å². The van der Waals surface area contributed by atoms with Gasteiger partial charge in [0.05, 0.1) is 10.9 Å². The summed E-state index contributed by atoms with van der Waals surface area (Å²) in [6, 6.07) is 5.81. The van der Waals surface area contributed by atoms with Gasteiger partial charge in [-0.05, 0) is 43.7 Å². The molecule has 1 saturated carbocycles. The molecule has 1 aromatic rings. The Kier molecular flexibility index (Phi) is 3.82. The molecule has 23 heavy (non-hydrogen) atoms. The van der Waals surface area contributed by atoms with E-state index in [1.807, 2.05) is 18.2 Å². The van der Waals surface area contributed by atoms with Gasteiger partial charge in [-0.25, -0.2) is 13.4 Å². The van der Waals surface area contributed by atoms with Crippen LogP contribution in [-0.2, 0) is 14.8 Å². The first kappa shape index (κ1) is 15.4. The number of aromatic nitrogens is 1. The summed E-state index contributed by atoms with van der Waals surface area (Å²) in [6.45, 7) is 2.66. The molecular formula is C16H23N3O3S. The summed E-state index contributed by atoms with van der Waals surface area (Å²) >= 11 is 0. The van der Waals surface area contributed by atoms with Crippen LogP contribution in [0.4, 0.5) is 5.82 Å². The van der Waals surface area contributed by atoms with Crippen molar-refractivity contribution in [1.82, 2.24) is 9.29 Å². The number of sulfonamides is 1. The van der Waals surface area contributed by atoms with Gasteiger partial charge in [0.1, 0.15) is 5.82 Å². The molecular weight excluding hydrogens is 314 g/mol. The second-order valence-corrected chi connectivity index (χ2v) is 9.05. The van der Waals surface area contributed by atoms with Crippen LogP contribution in [0.3, 0.4) is 0 Å². The first-order valence-electron chi connectivity index (χ1n) is 8.38. The number of ether oxygens (including phenoxy) is 1. The SMILES string of the molecule is O=S(=O)(C1CC1)N1CC2(C1)OCC[C@@H]2CCNc1ccccn1. The van der Waals surface area contributed by atoms with Crippen molar-refractivity contribution in [2.45, 2.75) is 36.5 Å². The van der Waals surface area contributed by atoms with Crippen molar-refractivity contribution >= 4 is 15.8 Å². The zero-order valence-electron chi connectivity index (χ0n) is 13.1. The molecule has 1 atom stereocenters. The van der Waals surface area contributed by atoms with Crippen molar-refractivity contribution in [3.8, 4) is 0 Å². The minimum absolute atomic E-state index is 0.120. The topological polar surface area (TPSA) is 71.5 Å². The summed E-state index contributed by atoms with van der Waals surface area (Å²) in [6.07, 6.45) is 5.42. The smallest absolute Gasteiger partial charge is 0.217 e. The molecule has 1 aliphatic carbocycles. The van der Waals surface area contributed by atoms with E-state index < -0.39 is 10.0 Å². The van der Waals surface area contributed by atoms with Crippen molar-refractivity contribution in [1.29, 1.82) is 0 Å². The molecule has 1 N–H and O–H groups in total. The molecule has 0 aromatic carbocycles. The fourth-order valence-electron chi connectivity index (χ4n) is 3.69. The molecule has 2 saturated heterocycles. The quantitative estimate of drug-likeness (QED) is 0.851. The summed E-state index contributed by atoms with van der Waals surface area (Å²) < 4.78 is 32.1. The van der Waals surface area contributed by atoms with Crippen molar-refractivity contribution in [3.63, 3.8) is 0 Å². The Morgan fingerprint density at radius 2 is 2.13 bits per heavy atom. The lowest BCUT2D eigenvalue weighted by molar-refractivity contribution is -0.102. The first-order chi connectivity index (χ1) is 11.1. The summed E-state index contributed by atoms with van der Waals surface area (Å²) in [5.41, 5.74) is -0.242. The lowest BCUT2D eigenvalue weighted by Gasteiger charge is -2.49. The number of hydrogen-bond acceptors (Lipinski definition) is 5. The molecule has 1 aromatic heterocycles. The van der Waals surface area contributed by atoms with E-state index >= 15 is 0 Å². The minimum atomic E-state index is -3.05. The van der Waals surface area contributed by atoms with Crippen LogP contribution < -0.4 is 5.32 Å². The molecule has 0 radical (unpaired) electrons. The third-order valence-electron chi connectivity index (χ3n) is 5.26. The standard InChI is InChI=1S/C16H23N3O3S/c20-23(21,14-4-5-14)19-11-16(12-19)13(7-10-22-16)6-9-18-15-3-1-2-8-17-15/h1-3,8,13-14H,4-7,9-12H2,(H,17,18)/t13-/m0/s1. The van der Waals surface area contributed by atoms with Gasteiger partial charge in [0.15, 0.2) is 0 Å². The fraction of sp³-hybridized carbons (Fsp3) is 0.688. The molecule has 1 spiro atoms. The number of nitrogens with one attached hydrogen (secondary N) is 1. The van der Waals surface area contributed by atoms with Crippen LogP contribution in [0.2, 0.25) is 0 Å². The van der Waals surface area contributed by atoms with Crippen LogP contribution >= 0.6 is 0 Å². The molecule has 0 bridgehead atoms. The number of anilines is 1. The fourth-order valence-corrected chi connectivity index (χ4v) is 5.64. The zero-order valence-corrected chi connectivity index (χ0v) is 14.0. The largest absolute Gasteiger partial charge is 0.372 e. The van der Waals surface area contributed by atoms with Gasteiger partial charge < -0.3 is 10.1 Å². The molecule has 7 heteroatoms. The van der Waals surface area contributed by atoms with Gasteiger partial charge in [-0.1, -0.05) is 6.07 Å². The molecule has 3 heterocycles. The van der Waals surface area contributed by atoms with Crippen molar-refractivity contribution in [2.75, 3.05) is 31.6 Å². The van der Waals surface area contributed by atoms with Crippen molar-refractivity contribution < 1.29 is 13.2 Å². The second-order valence-electron chi connectivity index (χ2n) is 6.84. The van der Waals surface area contributed by atoms with E-state index in [2.05, 4.69) is 10.3 Å². The highest BCUT2D eigenvalue weighted by molar-refractivity contribution is 7.90. The van der Waals surface area contributed by atoms with Crippen LogP contribution in [0.25, 0.3) is 0 Å². The van der Waals surface area contributed by atoms with E-state index in [1.54, 1.807) is 10.5 Å². The van der Waals surface area contributed by atoms with Gasteiger partial charge in [0, 0.05) is 32.4 Å². The second kappa shape index (κ2) is 5.72. The number of nitrogens with zero attached hydrogens (tertiary/aromatic N) is 2. The number of hydrogen-bond donors (Lipinski definition) is 1. The molecule has 3 fully saturated rings. The maximum Gasteiger partial charge on any atom is 0.217 e. The summed E-state index contributed by atoms with van der Waals surface area (Å²) in [4.78, 5) is 4.25. The maximum atomic E-state index is 12.3. The third kappa shape index (κ3) is 2.86. The monoisotopic (exact) mass is 337 g/mol. The van der Waals surface area contributed by atoms with Gasteiger partial charge in [-0.15, -0.1) is 0 Å². The normalized spacial score (nSPS) is 27.0. The van der Waals surface area contributed by atoms with Crippen LogP contribution in [0.1, 0.15) is 25.7 Å². The van der Waals surface area contributed by atoms with Gasteiger partial charge in [0.25, 0.3) is 0 Å². The lowest BCUT2D eigenvalue weighted by Crippen LogP contribution is -2.66. The van der Waals surface area contributed by atoms with E-state index in [-0.39, 0.29) is 10.9 Å². The summed E-state index contributed by atoms with van der Waals surface area (Å²) in [5.74, 6) is 1.30. The van der Waals surface area contributed by atoms with Gasteiger partial charge >= 0.3 is 0 Å². The Balaban J connectivity index is 1.31. The average Bonchev–Trinajstić information content (AvgIpc) is 3.28. The Morgan fingerprint density at radius 1 is 1.30 bits per heavy atom. The molecule has 6 nitrogen and oxygen atoms in total. The van der Waals surface area contributed by atoms with E-state index in [9.17, 15) is 8.42 Å². The van der Waals surface area contributed by atoms with Gasteiger partial charge in [0.2, 0.25) is 10.0 Å².